The first-order chi connectivity index (χ1) is 20.3. The van der Waals surface area contributed by atoms with E-state index in [0.717, 1.165) is 6.42 Å². The molecule has 0 heterocycles. The Labute approximate surface area is 255 Å². The summed E-state index contributed by atoms with van der Waals surface area (Å²) in [6, 6.07) is 3.66. The Balaban J connectivity index is 2.98. The Morgan fingerprint density at radius 3 is 1.91 bits per heavy atom. The minimum absolute atomic E-state index is 0.0559. The minimum atomic E-state index is -0.968. The molecule has 1 aromatic carbocycles. The van der Waals surface area contributed by atoms with Crippen LogP contribution in [0.15, 0.2) is 18.2 Å². The number of hydrogen-bond donors (Lipinski definition) is 1. The van der Waals surface area contributed by atoms with Crippen LogP contribution in [0.25, 0.3) is 0 Å². The fraction of sp³-hybridized carbons (Fsp3) is 0.677. The van der Waals surface area contributed by atoms with E-state index in [2.05, 4.69) is 5.32 Å². The van der Waals surface area contributed by atoms with Crippen LogP contribution in [0.2, 0.25) is 0 Å². The molecule has 12 heteroatoms. The second-order valence-electron chi connectivity index (χ2n) is 11.2. The molecule has 0 radical (unpaired) electrons. The topological polar surface area (TPSA) is 145 Å². The molecular weight excluding hydrogens is 562 g/mol. The molecule has 0 bridgehead atoms. The van der Waals surface area contributed by atoms with E-state index in [9.17, 15) is 19.2 Å². The van der Waals surface area contributed by atoms with E-state index in [0.29, 0.717) is 30.2 Å². The standard InChI is InChI=1S/C31H49NO11/c1-9-22(6)19-40-31(36)41-23(7)18-32-25(28(33)37-8)16-24-10-11-26(42-29(34)38-14-12-20(2)3)27(17-24)43-30(35)39-15-13-21(4)5/h10-11,17,20-23,25,32H,9,12-16,18-19H2,1-8H3/t22?,23?,25-/m0/s1. The number of methoxy groups -OCH3 is 1. The first kappa shape index (κ1) is 37.5. The largest absolute Gasteiger partial charge is 0.513 e. The van der Waals surface area contributed by atoms with Crippen molar-refractivity contribution in [1.29, 1.82) is 0 Å². The number of carbonyl (C=O) groups excluding carboxylic acids is 4. The molecule has 0 amide bonds. The molecule has 3 atom stereocenters. The van der Waals surface area contributed by atoms with Crippen LogP contribution < -0.4 is 14.8 Å². The first-order valence-corrected chi connectivity index (χ1v) is 14.8. The zero-order valence-electron chi connectivity index (χ0n) is 26.8. The lowest BCUT2D eigenvalue weighted by atomic mass is 10.0. The monoisotopic (exact) mass is 611 g/mol. The molecule has 1 rings (SSSR count). The minimum Gasteiger partial charge on any atom is -0.468 e. The Bertz CT molecular complexity index is 1010. The molecule has 244 valence electrons. The van der Waals surface area contributed by atoms with Gasteiger partial charge in [0.2, 0.25) is 0 Å². The molecule has 1 N–H and O–H groups in total. The molecule has 12 nitrogen and oxygen atoms in total. The molecule has 2 unspecified atom stereocenters. The number of esters is 1. The average molecular weight is 612 g/mol. The predicted molar refractivity (Wildman–Crippen MR) is 158 cm³/mol. The molecule has 0 aromatic heterocycles. The number of hydrogen-bond acceptors (Lipinski definition) is 12. The van der Waals surface area contributed by atoms with Crippen LogP contribution in [0.5, 0.6) is 11.5 Å². The molecule has 0 aliphatic rings. The maximum absolute atomic E-state index is 12.5. The highest BCUT2D eigenvalue weighted by atomic mass is 16.7. The summed E-state index contributed by atoms with van der Waals surface area (Å²) in [5.41, 5.74) is 0.551. The maximum atomic E-state index is 12.5. The Hall–Kier alpha value is -3.54. The first-order valence-electron chi connectivity index (χ1n) is 14.8. The van der Waals surface area contributed by atoms with Gasteiger partial charge in [-0.2, -0.15) is 0 Å². The van der Waals surface area contributed by atoms with E-state index in [-0.39, 0.29) is 50.2 Å². The van der Waals surface area contributed by atoms with Crippen LogP contribution in [-0.4, -0.2) is 70.1 Å². The van der Waals surface area contributed by atoms with Crippen molar-refractivity contribution in [1.82, 2.24) is 5.32 Å². The van der Waals surface area contributed by atoms with Crippen molar-refractivity contribution >= 4 is 24.4 Å². The normalized spacial score (nSPS) is 13.1. The molecule has 1 aromatic rings. The Morgan fingerprint density at radius 1 is 0.791 bits per heavy atom. The maximum Gasteiger partial charge on any atom is 0.513 e. The summed E-state index contributed by atoms with van der Waals surface area (Å²) in [5.74, 6) is 0.170. The highest BCUT2D eigenvalue weighted by Gasteiger charge is 2.23. The van der Waals surface area contributed by atoms with Crippen molar-refractivity contribution in [3.05, 3.63) is 23.8 Å². The van der Waals surface area contributed by atoms with Crippen LogP contribution in [-0.2, 0) is 34.9 Å². The van der Waals surface area contributed by atoms with Crippen molar-refractivity contribution in [2.45, 2.75) is 86.3 Å². The van der Waals surface area contributed by atoms with E-state index in [1.807, 2.05) is 41.5 Å². The summed E-state index contributed by atoms with van der Waals surface area (Å²) < 4.78 is 36.2. The quantitative estimate of drug-likeness (QED) is 0.117. The van der Waals surface area contributed by atoms with Crippen molar-refractivity contribution < 1.29 is 52.3 Å². The second kappa shape index (κ2) is 20.4. The van der Waals surface area contributed by atoms with Crippen LogP contribution >= 0.6 is 0 Å². The van der Waals surface area contributed by atoms with E-state index in [4.69, 9.17) is 33.2 Å². The van der Waals surface area contributed by atoms with Crippen LogP contribution in [0.3, 0.4) is 0 Å². The smallest absolute Gasteiger partial charge is 0.468 e. The summed E-state index contributed by atoms with van der Waals surface area (Å²) >= 11 is 0. The fourth-order valence-corrected chi connectivity index (χ4v) is 3.33. The number of rotatable bonds is 18. The van der Waals surface area contributed by atoms with Gasteiger partial charge >= 0.3 is 24.4 Å². The van der Waals surface area contributed by atoms with Gasteiger partial charge in [-0.25, -0.2) is 14.4 Å². The van der Waals surface area contributed by atoms with E-state index >= 15 is 0 Å². The number of benzene rings is 1. The van der Waals surface area contributed by atoms with Gasteiger partial charge in [0.15, 0.2) is 11.5 Å². The van der Waals surface area contributed by atoms with Gasteiger partial charge in [-0.1, -0.05) is 54.0 Å². The molecule has 0 fully saturated rings. The van der Waals surface area contributed by atoms with Gasteiger partial charge in [0.05, 0.1) is 26.9 Å². The zero-order valence-corrected chi connectivity index (χ0v) is 26.8. The molecule has 0 aliphatic carbocycles. The third kappa shape index (κ3) is 16.6. The van der Waals surface area contributed by atoms with Crippen LogP contribution in [0, 0.1) is 17.8 Å². The van der Waals surface area contributed by atoms with Crippen LogP contribution in [0.4, 0.5) is 14.4 Å². The summed E-state index contributed by atoms with van der Waals surface area (Å²) in [6.07, 6.45) is -1.03. The molecule has 43 heavy (non-hydrogen) atoms. The molecule has 0 saturated heterocycles. The van der Waals surface area contributed by atoms with Crippen molar-refractivity contribution in [3.8, 4) is 11.5 Å². The van der Waals surface area contributed by atoms with Gasteiger partial charge in [0.1, 0.15) is 12.1 Å². The molecular formula is C31H49NO11. The summed E-state index contributed by atoms with van der Waals surface area (Å²) in [4.78, 5) is 49.1. The molecule has 0 saturated carbocycles. The Morgan fingerprint density at radius 2 is 1.37 bits per heavy atom. The van der Waals surface area contributed by atoms with Crippen molar-refractivity contribution in [3.63, 3.8) is 0 Å². The molecule has 0 spiro atoms. The SMILES string of the molecule is CCC(C)COC(=O)OC(C)CN[C@@H](Cc1ccc(OC(=O)OCCC(C)C)c(OC(=O)OCCC(C)C)c1)C(=O)OC. The number of ether oxygens (including phenoxy) is 7. The Kier molecular flexibility index (Phi) is 17.8. The fourth-order valence-electron chi connectivity index (χ4n) is 3.33. The van der Waals surface area contributed by atoms with Crippen LogP contribution in [0.1, 0.15) is 73.3 Å². The second-order valence-corrected chi connectivity index (χ2v) is 11.2. The van der Waals surface area contributed by atoms with E-state index < -0.39 is 36.6 Å². The number of nitrogens with one attached hydrogen (secondary N) is 1. The van der Waals surface area contributed by atoms with Gasteiger partial charge in [0.25, 0.3) is 0 Å². The average Bonchev–Trinajstić information content (AvgIpc) is 2.94. The third-order valence-corrected chi connectivity index (χ3v) is 6.28. The highest BCUT2D eigenvalue weighted by Crippen LogP contribution is 2.30. The lowest BCUT2D eigenvalue weighted by molar-refractivity contribution is -0.143. The molecule has 0 aliphatic heterocycles. The van der Waals surface area contributed by atoms with Gasteiger partial charge in [-0.15, -0.1) is 0 Å². The summed E-state index contributed by atoms with van der Waals surface area (Å²) in [5, 5.41) is 3.03. The predicted octanol–water partition coefficient (Wildman–Crippen LogP) is 6.07. The van der Waals surface area contributed by atoms with Gasteiger partial charge in [0, 0.05) is 6.54 Å². The van der Waals surface area contributed by atoms with E-state index in [1.165, 1.54) is 19.2 Å². The summed E-state index contributed by atoms with van der Waals surface area (Å²) in [6.45, 7) is 14.3. The van der Waals surface area contributed by atoms with Gasteiger partial charge < -0.3 is 38.5 Å². The zero-order chi connectivity index (χ0) is 32.4. The summed E-state index contributed by atoms with van der Waals surface area (Å²) in [7, 11) is 1.26. The lowest BCUT2D eigenvalue weighted by Gasteiger charge is -2.20. The number of carbonyl (C=O) groups is 4. The van der Waals surface area contributed by atoms with E-state index in [1.54, 1.807) is 13.0 Å². The highest BCUT2D eigenvalue weighted by molar-refractivity contribution is 5.76. The van der Waals surface area contributed by atoms with Crippen molar-refractivity contribution in [2.75, 3.05) is 33.5 Å². The third-order valence-electron chi connectivity index (χ3n) is 6.28. The van der Waals surface area contributed by atoms with Gasteiger partial charge in [-0.3, -0.25) is 4.79 Å². The van der Waals surface area contributed by atoms with Crippen molar-refractivity contribution in [2.24, 2.45) is 17.8 Å². The lowest BCUT2D eigenvalue weighted by Crippen LogP contribution is -2.43. The van der Waals surface area contributed by atoms with Gasteiger partial charge in [-0.05, 0) is 61.6 Å².